The second kappa shape index (κ2) is 4.93. The van der Waals surface area contributed by atoms with Gasteiger partial charge in [-0.3, -0.25) is 0 Å². The lowest BCUT2D eigenvalue weighted by Gasteiger charge is -2.07. The largest absolute Gasteiger partial charge is 0.456 e. The molecule has 4 aromatic rings. The highest BCUT2D eigenvalue weighted by atomic mass is 79.9. The van der Waals surface area contributed by atoms with E-state index in [0.29, 0.717) is 0 Å². The Morgan fingerprint density at radius 1 is 0.762 bits per heavy atom. The molecule has 0 saturated heterocycles. The van der Waals surface area contributed by atoms with Crippen LogP contribution in [-0.4, -0.2) is 0 Å². The highest BCUT2D eigenvalue weighted by molar-refractivity contribution is 9.10. The standard InChI is InChI=1S/C18H11BrO2/c19-15-6-2-4-8-17(15)20-12-9-10-14-13-5-1-3-7-16(13)21-18(14)11-12/h1-11H. The van der Waals surface area contributed by atoms with Crippen molar-refractivity contribution >= 4 is 37.9 Å². The summed E-state index contributed by atoms with van der Waals surface area (Å²) < 4.78 is 12.7. The van der Waals surface area contributed by atoms with Crippen LogP contribution in [-0.2, 0) is 0 Å². The summed E-state index contributed by atoms with van der Waals surface area (Å²) in [5.74, 6) is 1.54. The van der Waals surface area contributed by atoms with E-state index in [1.807, 2.05) is 60.7 Å². The lowest BCUT2D eigenvalue weighted by Crippen LogP contribution is -1.84. The molecular weight excluding hydrogens is 328 g/mol. The Kier molecular flexibility index (Phi) is 2.93. The predicted octanol–water partition coefficient (Wildman–Crippen LogP) is 6.14. The average Bonchev–Trinajstić information content (AvgIpc) is 2.87. The number of hydrogen-bond donors (Lipinski definition) is 0. The van der Waals surface area contributed by atoms with Gasteiger partial charge in [0.05, 0.1) is 4.47 Å². The lowest BCUT2D eigenvalue weighted by atomic mass is 10.1. The molecule has 1 heterocycles. The Bertz CT molecular complexity index is 940. The van der Waals surface area contributed by atoms with Gasteiger partial charge in [-0.25, -0.2) is 0 Å². The number of hydrogen-bond acceptors (Lipinski definition) is 2. The fraction of sp³-hybridized carbons (Fsp3) is 0. The summed E-state index contributed by atoms with van der Waals surface area (Å²) >= 11 is 3.48. The van der Waals surface area contributed by atoms with Crippen molar-refractivity contribution in [3.63, 3.8) is 0 Å². The quantitative estimate of drug-likeness (QED) is 0.438. The van der Waals surface area contributed by atoms with Crippen molar-refractivity contribution in [2.45, 2.75) is 0 Å². The minimum atomic E-state index is 0.758. The minimum Gasteiger partial charge on any atom is -0.456 e. The van der Waals surface area contributed by atoms with Crippen molar-refractivity contribution in [1.82, 2.24) is 0 Å². The van der Waals surface area contributed by atoms with Crippen molar-refractivity contribution in [3.8, 4) is 11.5 Å². The molecule has 3 heteroatoms. The van der Waals surface area contributed by atoms with Crippen LogP contribution in [0.15, 0.2) is 75.6 Å². The molecular formula is C18H11BrO2. The fourth-order valence-corrected chi connectivity index (χ4v) is 2.79. The maximum absolute atomic E-state index is 5.91. The Morgan fingerprint density at radius 2 is 1.52 bits per heavy atom. The van der Waals surface area contributed by atoms with E-state index in [1.165, 1.54) is 0 Å². The number of fused-ring (bicyclic) bond motifs is 3. The van der Waals surface area contributed by atoms with Crippen LogP contribution in [0.1, 0.15) is 0 Å². The van der Waals surface area contributed by atoms with E-state index in [-0.39, 0.29) is 0 Å². The van der Waals surface area contributed by atoms with Crippen molar-refractivity contribution in [1.29, 1.82) is 0 Å². The maximum atomic E-state index is 5.91. The van der Waals surface area contributed by atoms with Gasteiger partial charge in [0.25, 0.3) is 0 Å². The van der Waals surface area contributed by atoms with E-state index in [1.54, 1.807) is 0 Å². The van der Waals surface area contributed by atoms with Gasteiger partial charge in [-0.2, -0.15) is 0 Å². The molecule has 0 radical (unpaired) electrons. The molecule has 3 aromatic carbocycles. The van der Waals surface area contributed by atoms with Crippen LogP contribution in [0.3, 0.4) is 0 Å². The topological polar surface area (TPSA) is 22.4 Å². The first-order chi connectivity index (χ1) is 10.3. The van der Waals surface area contributed by atoms with Crippen LogP contribution >= 0.6 is 15.9 Å². The van der Waals surface area contributed by atoms with Gasteiger partial charge < -0.3 is 9.15 Å². The number of rotatable bonds is 2. The van der Waals surface area contributed by atoms with Gasteiger partial charge >= 0.3 is 0 Å². The second-order valence-electron chi connectivity index (χ2n) is 4.79. The van der Waals surface area contributed by atoms with Gasteiger partial charge in [-0.05, 0) is 46.3 Å². The number of halogens is 1. The SMILES string of the molecule is Brc1ccccc1Oc1ccc2c(c1)oc1ccccc12. The van der Waals surface area contributed by atoms with Crippen LogP contribution in [0, 0.1) is 0 Å². The summed E-state index contributed by atoms with van der Waals surface area (Å²) in [6.45, 7) is 0. The van der Waals surface area contributed by atoms with Gasteiger partial charge in [-0.15, -0.1) is 0 Å². The van der Waals surface area contributed by atoms with Crippen LogP contribution in [0.4, 0.5) is 0 Å². The molecule has 0 bridgehead atoms. The Morgan fingerprint density at radius 3 is 2.43 bits per heavy atom. The normalized spacial score (nSPS) is 11.1. The zero-order valence-corrected chi connectivity index (χ0v) is 12.6. The molecule has 102 valence electrons. The Labute approximate surface area is 130 Å². The van der Waals surface area contributed by atoms with Gasteiger partial charge in [0.2, 0.25) is 0 Å². The summed E-state index contributed by atoms with van der Waals surface area (Å²) in [6.07, 6.45) is 0. The van der Waals surface area contributed by atoms with E-state index in [2.05, 4.69) is 22.0 Å². The predicted molar refractivity (Wildman–Crippen MR) is 87.9 cm³/mol. The minimum absolute atomic E-state index is 0.758. The maximum Gasteiger partial charge on any atom is 0.141 e. The molecule has 0 aliphatic heterocycles. The van der Waals surface area contributed by atoms with Crippen LogP contribution in [0.2, 0.25) is 0 Å². The third-order valence-corrected chi connectivity index (χ3v) is 4.07. The van der Waals surface area contributed by atoms with Crippen molar-refractivity contribution in [2.24, 2.45) is 0 Å². The number of ether oxygens (including phenoxy) is 1. The highest BCUT2D eigenvalue weighted by Gasteiger charge is 2.08. The van der Waals surface area contributed by atoms with Crippen LogP contribution in [0.25, 0.3) is 21.9 Å². The van der Waals surface area contributed by atoms with Gasteiger partial charge in [0, 0.05) is 16.8 Å². The molecule has 0 spiro atoms. The monoisotopic (exact) mass is 338 g/mol. The van der Waals surface area contributed by atoms with E-state index in [0.717, 1.165) is 37.9 Å². The third-order valence-electron chi connectivity index (χ3n) is 3.41. The molecule has 2 nitrogen and oxygen atoms in total. The first-order valence-electron chi connectivity index (χ1n) is 6.65. The molecule has 0 unspecified atom stereocenters. The zero-order chi connectivity index (χ0) is 14.2. The van der Waals surface area contributed by atoms with E-state index in [4.69, 9.17) is 9.15 Å². The number of benzene rings is 3. The Balaban J connectivity index is 1.80. The molecule has 0 N–H and O–H groups in total. The summed E-state index contributed by atoms with van der Waals surface area (Å²) in [4.78, 5) is 0. The van der Waals surface area contributed by atoms with Crippen LogP contribution in [0.5, 0.6) is 11.5 Å². The smallest absolute Gasteiger partial charge is 0.141 e. The van der Waals surface area contributed by atoms with Crippen molar-refractivity contribution < 1.29 is 9.15 Å². The molecule has 1 aromatic heterocycles. The summed E-state index contributed by atoms with van der Waals surface area (Å²) in [6, 6.07) is 21.7. The molecule has 4 rings (SSSR count). The summed E-state index contributed by atoms with van der Waals surface area (Å²) in [7, 11) is 0. The zero-order valence-electron chi connectivity index (χ0n) is 11.0. The first kappa shape index (κ1) is 12.5. The molecule has 0 saturated carbocycles. The lowest BCUT2D eigenvalue weighted by molar-refractivity contribution is 0.479. The number of para-hydroxylation sites is 2. The summed E-state index contributed by atoms with van der Waals surface area (Å²) in [5.41, 5.74) is 1.73. The Hall–Kier alpha value is -2.26. The molecule has 0 aliphatic carbocycles. The fourth-order valence-electron chi connectivity index (χ4n) is 2.42. The van der Waals surface area contributed by atoms with Gasteiger partial charge in [0.15, 0.2) is 0 Å². The molecule has 0 amide bonds. The van der Waals surface area contributed by atoms with Gasteiger partial charge in [-0.1, -0.05) is 30.3 Å². The molecule has 0 fully saturated rings. The van der Waals surface area contributed by atoms with E-state index < -0.39 is 0 Å². The molecule has 0 atom stereocenters. The third kappa shape index (κ3) is 2.20. The number of furan rings is 1. The second-order valence-corrected chi connectivity index (χ2v) is 5.64. The van der Waals surface area contributed by atoms with E-state index in [9.17, 15) is 0 Å². The first-order valence-corrected chi connectivity index (χ1v) is 7.44. The molecule has 0 aliphatic rings. The molecule has 21 heavy (non-hydrogen) atoms. The van der Waals surface area contributed by atoms with E-state index >= 15 is 0 Å². The van der Waals surface area contributed by atoms with Gasteiger partial charge in [0.1, 0.15) is 22.7 Å². The van der Waals surface area contributed by atoms with Crippen molar-refractivity contribution in [2.75, 3.05) is 0 Å². The average molecular weight is 339 g/mol. The summed E-state index contributed by atoms with van der Waals surface area (Å²) in [5, 5.41) is 2.23. The highest BCUT2D eigenvalue weighted by Crippen LogP contribution is 2.34. The van der Waals surface area contributed by atoms with Crippen molar-refractivity contribution in [3.05, 3.63) is 71.2 Å². The van der Waals surface area contributed by atoms with Crippen LogP contribution < -0.4 is 4.74 Å².